The molecule has 0 aromatic heterocycles. The summed E-state index contributed by atoms with van der Waals surface area (Å²) in [6.07, 6.45) is 0.796. The van der Waals surface area contributed by atoms with Gasteiger partial charge in [0.15, 0.2) is 0 Å². The second-order valence-corrected chi connectivity index (χ2v) is 4.32. The zero-order chi connectivity index (χ0) is 17.6. The topological polar surface area (TPSA) is 132 Å². The summed E-state index contributed by atoms with van der Waals surface area (Å²) in [4.78, 5) is 33.0. The minimum absolute atomic E-state index is 0.0830. The van der Waals surface area contributed by atoms with Crippen molar-refractivity contribution in [1.29, 1.82) is 5.26 Å². The molecule has 0 heterocycles. The quantitative estimate of drug-likeness (QED) is 0.371. The average molecular weight is 340 g/mol. The molecule has 0 aliphatic rings. The lowest BCUT2D eigenvalue weighted by molar-refractivity contribution is -0.384. The van der Waals surface area contributed by atoms with Crippen LogP contribution in [0.3, 0.4) is 0 Å². The highest BCUT2D eigenvalue weighted by molar-refractivity contribution is 6.34. The molecule has 0 spiro atoms. The van der Waals surface area contributed by atoms with Crippen molar-refractivity contribution < 1.29 is 24.0 Å². The van der Waals surface area contributed by atoms with Gasteiger partial charge in [-0.15, -0.1) is 0 Å². The van der Waals surface area contributed by atoms with Crippen molar-refractivity contribution in [2.45, 2.75) is 0 Å². The molecule has 0 bridgehead atoms. The number of benzene rings is 1. The van der Waals surface area contributed by atoms with E-state index in [4.69, 9.17) is 16.9 Å². The van der Waals surface area contributed by atoms with Crippen LogP contribution in [0.4, 0.5) is 11.4 Å². The summed E-state index contributed by atoms with van der Waals surface area (Å²) >= 11 is 5.91. The van der Waals surface area contributed by atoms with Gasteiger partial charge >= 0.3 is 11.9 Å². The fourth-order valence-electron chi connectivity index (χ4n) is 1.48. The number of nitro groups is 1. The van der Waals surface area contributed by atoms with E-state index in [1.807, 2.05) is 0 Å². The fourth-order valence-corrected chi connectivity index (χ4v) is 1.74. The predicted molar refractivity (Wildman–Crippen MR) is 78.6 cm³/mol. The average Bonchev–Trinajstić information content (AvgIpc) is 2.54. The lowest BCUT2D eigenvalue weighted by Crippen LogP contribution is -2.16. The van der Waals surface area contributed by atoms with Crippen LogP contribution in [0.25, 0.3) is 0 Å². The third-order valence-corrected chi connectivity index (χ3v) is 2.83. The Morgan fingerprint density at radius 1 is 1.39 bits per heavy atom. The number of hydrogen-bond acceptors (Lipinski definition) is 8. The van der Waals surface area contributed by atoms with Crippen molar-refractivity contribution >= 4 is 34.9 Å². The van der Waals surface area contributed by atoms with Crippen molar-refractivity contribution in [1.82, 2.24) is 0 Å². The summed E-state index contributed by atoms with van der Waals surface area (Å²) < 4.78 is 8.89. The molecule has 10 heteroatoms. The van der Waals surface area contributed by atoms with Crippen LogP contribution in [0.2, 0.25) is 5.02 Å². The smallest absolute Gasteiger partial charge is 0.354 e. The zero-order valence-corrected chi connectivity index (χ0v) is 12.7. The van der Waals surface area contributed by atoms with Gasteiger partial charge in [-0.05, 0) is 0 Å². The number of ether oxygens (including phenoxy) is 2. The van der Waals surface area contributed by atoms with Gasteiger partial charge in [-0.2, -0.15) is 5.26 Å². The minimum atomic E-state index is -0.922. The van der Waals surface area contributed by atoms with Crippen LogP contribution in [-0.4, -0.2) is 31.1 Å². The normalized spacial score (nSPS) is 10.4. The van der Waals surface area contributed by atoms with Crippen molar-refractivity contribution in [3.8, 4) is 6.07 Å². The summed E-state index contributed by atoms with van der Waals surface area (Å²) in [6, 6.07) is 3.69. The number of nitriles is 1. The van der Waals surface area contributed by atoms with Crippen LogP contribution in [0, 0.1) is 21.4 Å². The molecule has 1 N–H and O–H groups in total. The number of carbonyl (C=O) groups excluding carboxylic acids is 2. The predicted octanol–water partition coefficient (Wildman–Crippen LogP) is 1.76. The molecule has 0 atom stereocenters. The van der Waals surface area contributed by atoms with E-state index in [0.717, 1.165) is 32.4 Å². The monoisotopic (exact) mass is 339 g/mol. The number of carbonyl (C=O) groups is 2. The number of esters is 2. The Morgan fingerprint density at radius 3 is 2.52 bits per heavy atom. The van der Waals surface area contributed by atoms with Crippen molar-refractivity contribution in [3.63, 3.8) is 0 Å². The summed E-state index contributed by atoms with van der Waals surface area (Å²) in [7, 11) is 2.19. The zero-order valence-electron chi connectivity index (χ0n) is 12.0. The molecule has 0 saturated heterocycles. The van der Waals surface area contributed by atoms with Gasteiger partial charge in [0.2, 0.25) is 0 Å². The molecule has 0 fully saturated rings. The lowest BCUT2D eigenvalue weighted by Gasteiger charge is -2.12. The number of nitrogens with one attached hydrogen (secondary N) is 1. The highest BCUT2D eigenvalue weighted by Gasteiger charge is 2.20. The van der Waals surface area contributed by atoms with Crippen molar-refractivity contribution in [2.24, 2.45) is 0 Å². The van der Waals surface area contributed by atoms with E-state index in [9.17, 15) is 19.7 Å². The molecule has 0 saturated carbocycles. The van der Waals surface area contributed by atoms with Crippen LogP contribution in [-0.2, 0) is 19.1 Å². The number of nitro benzene ring substituents is 1. The fraction of sp³-hybridized carbons (Fsp3) is 0.154. The van der Waals surface area contributed by atoms with Crippen LogP contribution in [0.5, 0.6) is 0 Å². The Morgan fingerprint density at radius 2 is 2.04 bits per heavy atom. The molecule has 0 unspecified atom stereocenters. The summed E-state index contributed by atoms with van der Waals surface area (Å²) in [5, 5.41) is 22.1. The van der Waals surface area contributed by atoms with Crippen LogP contribution in [0.15, 0.2) is 23.9 Å². The van der Waals surface area contributed by atoms with Gasteiger partial charge in [-0.25, -0.2) is 9.59 Å². The number of methoxy groups -OCH3 is 2. The molecule has 0 amide bonds. The molecular formula is C13H10ClN3O6. The van der Waals surface area contributed by atoms with Gasteiger partial charge in [-0.1, -0.05) is 11.6 Å². The Hall–Kier alpha value is -3.12. The number of nitrogens with zero attached hydrogens (tertiary/aromatic N) is 2. The molecule has 1 rings (SSSR count). The Balaban J connectivity index is 3.37. The number of anilines is 1. The van der Waals surface area contributed by atoms with Crippen LogP contribution >= 0.6 is 11.6 Å². The van der Waals surface area contributed by atoms with Gasteiger partial charge in [-0.3, -0.25) is 10.1 Å². The molecule has 120 valence electrons. The van der Waals surface area contributed by atoms with E-state index >= 15 is 0 Å². The number of hydrogen-bond donors (Lipinski definition) is 1. The number of non-ortho nitro benzene ring substituents is 1. The minimum Gasteiger partial charge on any atom is -0.466 e. The van der Waals surface area contributed by atoms with Gasteiger partial charge in [0, 0.05) is 12.1 Å². The molecule has 1 aromatic rings. The van der Waals surface area contributed by atoms with Gasteiger partial charge < -0.3 is 14.8 Å². The number of halogens is 1. The van der Waals surface area contributed by atoms with E-state index < -0.39 is 22.5 Å². The van der Waals surface area contributed by atoms with Crippen molar-refractivity contribution in [2.75, 3.05) is 19.5 Å². The van der Waals surface area contributed by atoms with E-state index in [1.54, 1.807) is 6.07 Å². The molecular weight excluding hydrogens is 330 g/mol. The first kappa shape index (κ1) is 17.9. The van der Waals surface area contributed by atoms with E-state index in [-0.39, 0.29) is 22.0 Å². The molecule has 23 heavy (non-hydrogen) atoms. The Kier molecular flexibility index (Phi) is 6.05. The standard InChI is InChI=1S/C13H10ClN3O6/c1-22-11(18)5-10(13(19)23-2)16-12-7(6-15)3-8(17(20)21)4-9(12)14/h3-5,16H,1-2H3/b10-5+. The first-order valence-electron chi connectivity index (χ1n) is 5.87. The maximum absolute atomic E-state index is 11.7. The highest BCUT2D eigenvalue weighted by atomic mass is 35.5. The van der Waals surface area contributed by atoms with E-state index in [1.165, 1.54) is 0 Å². The second-order valence-electron chi connectivity index (χ2n) is 3.92. The Labute approximate surface area is 135 Å². The van der Waals surface area contributed by atoms with Crippen LogP contribution in [0.1, 0.15) is 5.56 Å². The molecule has 0 aliphatic heterocycles. The maximum Gasteiger partial charge on any atom is 0.354 e. The van der Waals surface area contributed by atoms with Crippen LogP contribution < -0.4 is 5.32 Å². The number of rotatable bonds is 5. The molecule has 1 aromatic carbocycles. The maximum atomic E-state index is 11.7. The highest BCUT2D eigenvalue weighted by Crippen LogP contribution is 2.32. The summed E-state index contributed by atoms with van der Waals surface area (Å²) in [5.74, 6) is -1.77. The third kappa shape index (κ3) is 4.42. The van der Waals surface area contributed by atoms with Gasteiger partial charge in [0.25, 0.3) is 5.69 Å². The van der Waals surface area contributed by atoms with Crippen molar-refractivity contribution in [3.05, 3.63) is 44.6 Å². The second kappa shape index (κ2) is 7.77. The Bertz CT molecular complexity index is 738. The first-order valence-corrected chi connectivity index (χ1v) is 6.24. The van der Waals surface area contributed by atoms with E-state index in [2.05, 4.69) is 14.8 Å². The first-order chi connectivity index (χ1) is 10.8. The summed E-state index contributed by atoms with van der Waals surface area (Å²) in [5.41, 5.74) is -1.02. The molecule has 0 aliphatic carbocycles. The van der Waals surface area contributed by atoms with Gasteiger partial charge in [0.1, 0.15) is 11.8 Å². The van der Waals surface area contributed by atoms with E-state index in [0.29, 0.717) is 0 Å². The summed E-state index contributed by atoms with van der Waals surface area (Å²) in [6.45, 7) is 0. The SMILES string of the molecule is COC(=O)/C=C(/Nc1c(Cl)cc([N+](=O)[O-])cc1C#N)C(=O)OC. The lowest BCUT2D eigenvalue weighted by atomic mass is 10.1. The van der Waals surface area contributed by atoms with Gasteiger partial charge in [0.05, 0.1) is 41.5 Å². The largest absolute Gasteiger partial charge is 0.466 e. The molecule has 0 radical (unpaired) electrons. The molecule has 9 nitrogen and oxygen atoms in total. The third-order valence-electron chi connectivity index (χ3n) is 2.53.